The van der Waals surface area contributed by atoms with Gasteiger partial charge in [0.2, 0.25) is 0 Å². The molecule has 2 rings (SSSR count). The number of aromatic nitrogens is 1. The van der Waals surface area contributed by atoms with E-state index in [0.29, 0.717) is 12.5 Å². The quantitative estimate of drug-likeness (QED) is 0.451. The minimum absolute atomic E-state index is 0.0133. The molecule has 0 unspecified atom stereocenters. The minimum atomic E-state index is -0.522. The third-order valence-electron chi connectivity index (χ3n) is 2.16. The minimum Gasteiger partial charge on any atom is -0.472 e. The van der Waals surface area contributed by atoms with Gasteiger partial charge in [-0.1, -0.05) is 11.6 Å². The van der Waals surface area contributed by atoms with Crippen LogP contribution in [-0.2, 0) is 0 Å². The van der Waals surface area contributed by atoms with Crippen molar-refractivity contribution >= 4 is 17.3 Å². The fourth-order valence-electron chi connectivity index (χ4n) is 1.14. The normalized spacial score (nSPS) is 15.0. The van der Waals surface area contributed by atoms with Crippen molar-refractivity contribution in [1.29, 1.82) is 0 Å². The van der Waals surface area contributed by atoms with Crippen LogP contribution in [0.2, 0.25) is 5.15 Å². The molecule has 0 aromatic carbocycles. The number of rotatable bonds is 4. The van der Waals surface area contributed by atoms with E-state index in [1.165, 1.54) is 12.1 Å². The van der Waals surface area contributed by atoms with Gasteiger partial charge >= 0.3 is 5.69 Å². The van der Waals surface area contributed by atoms with E-state index in [2.05, 4.69) is 4.98 Å². The Labute approximate surface area is 91.2 Å². The molecule has 1 aromatic rings. The molecule has 1 aromatic heterocycles. The SMILES string of the molecule is O=[N+]([O-])c1ccc(Cl)nc1OCC1CC1. The molecule has 1 saturated carbocycles. The zero-order valence-electron chi connectivity index (χ0n) is 7.85. The molecule has 1 heterocycles. The molecule has 1 aliphatic rings. The van der Waals surface area contributed by atoms with Crippen molar-refractivity contribution in [2.45, 2.75) is 12.8 Å². The van der Waals surface area contributed by atoms with Crippen LogP contribution in [0.1, 0.15) is 12.8 Å². The number of halogens is 1. The zero-order valence-corrected chi connectivity index (χ0v) is 8.61. The summed E-state index contributed by atoms with van der Waals surface area (Å²) in [5, 5.41) is 10.8. The second kappa shape index (κ2) is 4.02. The van der Waals surface area contributed by atoms with E-state index in [4.69, 9.17) is 16.3 Å². The van der Waals surface area contributed by atoms with Crippen molar-refractivity contribution in [2.24, 2.45) is 5.92 Å². The molecule has 5 nitrogen and oxygen atoms in total. The Morgan fingerprint density at radius 1 is 1.60 bits per heavy atom. The zero-order chi connectivity index (χ0) is 10.8. The smallest absolute Gasteiger partial charge is 0.331 e. The lowest BCUT2D eigenvalue weighted by Crippen LogP contribution is -2.03. The van der Waals surface area contributed by atoms with Gasteiger partial charge in [0.1, 0.15) is 5.15 Å². The van der Waals surface area contributed by atoms with Crippen LogP contribution in [-0.4, -0.2) is 16.5 Å². The highest BCUT2D eigenvalue weighted by Gasteiger charge is 2.24. The maximum Gasteiger partial charge on any atom is 0.331 e. The van der Waals surface area contributed by atoms with E-state index in [1.807, 2.05) is 0 Å². The van der Waals surface area contributed by atoms with Gasteiger partial charge in [0.25, 0.3) is 5.88 Å². The maximum atomic E-state index is 10.6. The average molecular weight is 229 g/mol. The number of hydrogen-bond donors (Lipinski definition) is 0. The van der Waals surface area contributed by atoms with Crippen LogP contribution in [0.3, 0.4) is 0 Å². The van der Waals surface area contributed by atoms with Gasteiger partial charge in [-0.3, -0.25) is 10.1 Å². The molecule has 6 heteroatoms. The van der Waals surface area contributed by atoms with Gasteiger partial charge in [-0.05, 0) is 24.8 Å². The molecule has 0 aliphatic heterocycles. The molecular weight excluding hydrogens is 220 g/mol. The molecule has 80 valence electrons. The third-order valence-corrected chi connectivity index (χ3v) is 2.37. The monoisotopic (exact) mass is 228 g/mol. The summed E-state index contributed by atoms with van der Waals surface area (Å²) in [7, 11) is 0. The lowest BCUT2D eigenvalue weighted by atomic mass is 10.4. The number of ether oxygens (including phenoxy) is 1. The first-order valence-electron chi connectivity index (χ1n) is 4.60. The maximum absolute atomic E-state index is 10.6. The molecule has 15 heavy (non-hydrogen) atoms. The molecule has 0 saturated heterocycles. The number of hydrogen-bond acceptors (Lipinski definition) is 4. The molecular formula is C9H9ClN2O3. The van der Waals surface area contributed by atoms with Crippen molar-refractivity contribution in [3.8, 4) is 5.88 Å². The molecule has 1 fully saturated rings. The van der Waals surface area contributed by atoms with Crippen molar-refractivity contribution in [1.82, 2.24) is 4.98 Å². The van der Waals surface area contributed by atoms with Crippen LogP contribution >= 0.6 is 11.6 Å². The van der Waals surface area contributed by atoms with Gasteiger partial charge in [-0.15, -0.1) is 0 Å². The number of pyridine rings is 1. The predicted molar refractivity (Wildman–Crippen MR) is 54.1 cm³/mol. The first kappa shape index (κ1) is 10.2. The van der Waals surface area contributed by atoms with Crippen molar-refractivity contribution < 1.29 is 9.66 Å². The Kier molecular flexibility index (Phi) is 2.73. The Morgan fingerprint density at radius 2 is 2.33 bits per heavy atom. The van der Waals surface area contributed by atoms with Crippen molar-refractivity contribution in [3.05, 3.63) is 27.4 Å². The summed E-state index contributed by atoms with van der Waals surface area (Å²) in [6, 6.07) is 2.68. The van der Waals surface area contributed by atoms with Gasteiger partial charge in [-0.2, -0.15) is 4.98 Å². The first-order valence-corrected chi connectivity index (χ1v) is 4.98. The van der Waals surface area contributed by atoms with Gasteiger partial charge in [0.15, 0.2) is 0 Å². The molecule has 0 spiro atoms. The van der Waals surface area contributed by atoms with Crippen LogP contribution < -0.4 is 4.74 Å². The highest BCUT2D eigenvalue weighted by Crippen LogP contribution is 2.32. The molecule has 1 aliphatic carbocycles. The van der Waals surface area contributed by atoms with Crippen molar-refractivity contribution in [3.63, 3.8) is 0 Å². The molecule has 0 amide bonds. The van der Waals surface area contributed by atoms with Gasteiger partial charge in [0, 0.05) is 6.07 Å². The fourth-order valence-corrected chi connectivity index (χ4v) is 1.28. The molecule has 0 bridgehead atoms. The summed E-state index contributed by atoms with van der Waals surface area (Å²) in [5.41, 5.74) is -0.139. The highest BCUT2D eigenvalue weighted by atomic mass is 35.5. The van der Waals surface area contributed by atoms with E-state index >= 15 is 0 Å². The van der Waals surface area contributed by atoms with E-state index in [1.54, 1.807) is 0 Å². The summed E-state index contributed by atoms with van der Waals surface area (Å²) in [6.45, 7) is 0.480. The molecule has 0 atom stereocenters. The van der Waals surface area contributed by atoms with Gasteiger partial charge in [-0.25, -0.2) is 0 Å². The third kappa shape index (κ3) is 2.56. The summed E-state index contributed by atoms with van der Waals surface area (Å²) in [6.07, 6.45) is 2.24. The van der Waals surface area contributed by atoms with Crippen LogP contribution in [0.5, 0.6) is 5.88 Å². The van der Waals surface area contributed by atoms with Crippen molar-refractivity contribution in [2.75, 3.05) is 6.61 Å². The van der Waals surface area contributed by atoms with Crippen LogP contribution in [0.25, 0.3) is 0 Å². The fraction of sp³-hybridized carbons (Fsp3) is 0.444. The summed E-state index contributed by atoms with van der Waals surface area (Å²) >= 11 is 5.64. The lowest BCUT2D eigenvalue weighted by molar-refractivity contribution is -0.386. The summed E-state index contributed by atoms with van der Waals surface area (Å²) < 4.78 is 5.27. The number of nitrogens with zero attached hydrogens (tertiary/aromatic N) is 2. The van der Waals surface area contributed by atoms with E-state index in [9.17, 15) is 10.1 Å². The standard InChI is InChI=1S/C9H9ClN2O3/c10-8-4-3-7(12(13)14)9(11-8)15-5-6-1-2-6/h3-4,6H,1-2,5H2. The Morgan fingerprint density at radius 3 is 2.93 bits per heavy atom. The molecule has 0 radical (unpaired) electrons. The van der Waals surface area contributed by atoms with Crippen LogP contribution in [0.15, 0.2) is 12.1 Å². The second-order valence-electron chi connectivity index (χ2n) is 3.47. The lowest BCUT2D eigenvalue weighted by Gasteiger charge is -2.04. The van der Waals surface area contributed by atoms with Gasteiger partial charge < -0.3 is 4.74 Å². The predicted octanol–water partition coefficient (Wildman–Crippen LogP) is 2.43. The number of nitro groups is 1. The largest absolute Gasteiger partial charge is 0.472 e. The topological polar surface area (TPSA) is 65.3 Å². The van der Waals surface area contributed by atoms with Crippen LogP contribution in [0.4, 0.5) is 5.69 Å². The van der Waals surface area contributed by atoms with Crippen LogP contribution in [0, 0.1) is 16.0 Å². The summed E-state index contributed by atoms with van der Waals surface area (Å²) in [4.78, 5) is 13.9. The van der Waals surface area contributed by atoms with E-state index in [-0.39, 0.29) is 16.7 Å². The second-order valence-corrected chi connectivity index (χ2v) is 3.86. The van der Waals surface area contributed by atoms with Gasteiger partial charge in [0.05, 0.1) is 11.5 Å². The first-order chi connectivity index (χ1) is 7.16. The Balaban J connectivity index is 2.16. The average Bonchev–Trinajstić information content (AvgIpc) is 2.97. The summed E-state index contributed by atoms with van der Waals surface area (Å²) in [5.74, 6) is 0.532. The highest BCUT2D eigenvalue weighted by molar-refractivity contribution is 6.29. The molecule has 0 N–H and O–H groups in total. The Bertz CT molecular complexity index is 393. The van der Waals surface area contributed by atoms with E-state index < -0.39 is 4.92 Å². The van der Waals surface area contributed by atoms with E-state index in [0.717, 1.165) is 12.8 Å². The Hall–Kier alpha value is -1.36.